The van der Waals surface area contributed by atoms with Crippen LogP contribution in [0.3, 0.4) is 0 Å². The Kier molecular flexibility index (Phi) is 5.86. The van der Waals surface area contributed by atoms with Crippen LogP contribution < -0.4 is 4.74 Å². The molecule has 1 aliphatic heterocycles. The Morgan fingerprint density at radius 1 is 1.17 bits per heavy atom. The molecule has 1 aromatic heterocycles. The number of H-pyrrole nitrogens is 1. The number of likely N-dealkylation sites (tertiary alicyclic amines) is 1. The van der Waals surface area contributed by atoms with E-state index in [9.17, 15) is 4.79 Å². The number of para-hydroxylation sites is 1. The Morgan fingerprint density at radius 3 is 2.76 bits per heavy atom. The Hall–Kier alpha value is -2.79. The molecule has 5 nitrogen and oxygen atoms in total. The number of aromatic nitrogens is 2. The van der Waals surface area contributed by atoms with Crippen molar-refractivity contribution in [2.24, 2.45) is 0 Å². The maximum absolute atomic E-state index is 13.2. The normalized spacial score (nSPS) is 17.0. The number of hydrogen-bond donors (Lipinski definition) is 1. The molecule has 0 radical (unpaired) electrons. The Labute approximate surface area is 175 Å². The summed E-state index contributed by atoms with van der Waals surface area (Å²) >= 11 is 6.03. The SMILES string of the molecule is COc1ccccc1-c1cc(C(=O)N2CCCC[C@@H](c3ccc(Cl)cc3)C2)[nH]n1. The Morgan fingerprint density at radius 2 is 1.97 bits per heavy atom. The van der Waals surface area contributed by atoms with E-state index in [1.165, 1.54) is 5.56 Å². The molecule has 1 amide bonds. The summed E-state index contributed by atoms with van der Waals surface area (Å²) in [4.78, 5) is 15.1. The number of hydrogen-bond acceptors (Lipinski definition) is 3. The highest BCUT2D eigenvalue weighted by atomic mass is 35.5. The second-order valence-corrected chi connectivity index (χ2v) is 7.80. The van der Waals surface area contributed by atoms with Crippen LogP contribution in [0.2, 0.25) is 5.02 Å². The highest BCUT2D eigenvalue weighted by Crippen LogP contribution is 2.30. The van der Waals surface area contributed by atoms with E-state index in [2.05, 4.69) is 22.3 Å². The van der Waals surface area contributed by atoms with E-state index in [1.54, 1.807) is 7.11 Å². The highest BCUT2D eigenvalue weighted by Gasteiger charge is 2.25. The molecule has 1 aliphatic rings. The molecule has 150 valence electrons. The molecule has 29 heavy (non-hydrogen) atoms. The largest absolute Gasteiger partial charge is 0.496 e. The van der Waals surface area contributed by atoms with Gasteiger partial charge in [-0.15, -0.1) is 0 Å². The van der Waals surface area contributed by atoms with Gasteiger partial charge in [-0.2, -0.15) is 5.10 Å². The molecule has 2 heterocycles. The van der Waals surface area contributed by atoms with Gasteiger partial charge in [-0.3, -0.25) is 9.89 Å². The maximum Gasteiger partial charge on any atom is 0.271 e. The molecule has 0 spiro atoms. The van der Waals surface area contributed by atoms with Crippen molar-refractivity contribution in [3.63, 3.8) is 0 Å². The van der Waals surface area contributed by atoms with Gasteiger partial charge >= 0.3 is 0 Å². The molecule has 0 unspecified atom stereocenters. The van der Waals surface area contributed by atoms with Gasteiger partial charge in [0, 0.05) is 29.6 Å². The summed E-state index contributed by atoms with van der Waals surface area (Å²) in [6.45, 7) is 1.45. The van der Waals surface area contributed by atoms with Crippen molar-refractivity contribution in [2.45, 2.75) is 25.2 Å². The van der Waals surface area contributed by atoms with Gasteiger partial charge < -0.3 is 9.64 Å². The van der Waals surface area contributed by atoms with Gasteiger partial charge in [0.1, 0.15) is 11.4 Å². The average Bonchev–Trinajstić information content (AvgIpc) is 3.12. The first-order valence-corrected chi connectivity index (χ1v) is 10.3. The molecular weight excluding hydrogens is 386 g/mol. The standard InChI is InChI=1S/C23H24ClN3O2/c1-29-22-8-3-2-7-19(22)20-14-21(26-25-20)23(28)27-13-5-4-6-17(15-27)16-9-11-18(24)12-10-16/h2-3,7-12,14,17H,4-6,13,15H2,1H3,(H,25,26)/t17-/m1/s1. The third-order valence-corrected chi connectivity index (χ3v) is 5.74. The Bertz CT molecular complexity index is 984. The fourth-order valence-corrected chi connectivity index (χ4v) is 4.06. The molecule has 4 rings (SSSR count). The summed E-state index contributed by atoms with van der Waals surface area (Å²) in [5.74, 6) is 1.03. The van der Waals surface area contributed by atoms with E-state index >= 15 is 0 Å². The molecule has 1 atom stereocenters. The number of methoxy groups -OCH3 is 1. The highest BCUT2D eigenvalue weighted by molar-refractivity contribution is 6.30. The second-order valence-electron chi connectivity index (χ2n) is 7.36. The first kappa shape index (κ1) is 19.5. The topological polar surface area (TPSA) is 58.2 Å². The van der Waals surface area contributed by atoms with Crippen molar-refractivity contribution in [3.8, 4) is 17.0 Å². The minimum absolute atomic E-state index is 0.0143. The summed E-state index contributed by atoms with van der Waals surface area (Å²) in [5, 5.41) is 8.01. The van der Waals surface area contributed by atoms with Crippen LogP contribution in [0.5, 0.6) is 5.75 Å². The predicted molar refractivity (Wildman–Crippen MR) is 115 cm³/mol. The Balaban J connectivity index is 1.54. The minimum atomic E-state index is -0.0143. The van der Waals surface area contributed by atoms with Crippen LogP contribution >= 0.6 is 11.6 Å². The third kappa shape index (κ3) is 4.30. The van der Waals surface area contributed by atoms with E-state index in [0.717, 1.165) is 42.1 Å². The zero-order valence-corrected chi connectivity index (χ0v) is 17.2. The average molecular weight is 410 g/mol. The molecule has 1 fully saturated rings. The fourth-order valence-electron chi connectivity index (χ4n) is 3.93. The molecule has 1 N–H and O–H groups in total. The fraction of sp³-hybridized carbons (Fsp3) is 0.304. The van der Waals surface area contributed by atoms with Gasteiger partial charge in [0.05, 0.1) is 12.8 Å². The summed E-state index contributed by atoms with van der Waals surface area (Å²) in [6, 6.07) is 17.4. The van der Waals surface area contributed by atoms with Crippen LogP contribution in [0.1, 0.15) is 41.2 Å². The van der Waals surface area contributed by atoms with E-state index < -0.39 is 0 Å². The van der Waals surface area contributed by atoms with E-state index in [-0.39, 0.29) is 5.91 Å². The van der Waals surface area contributed by atoms with Crippen molar-refractivity contribution in [3.05, 3.63) is 70.9 Å². The van der Waals surface area contributed by atoms with Crippen LogP contribution in [-0.2, 0) is 0 Å². The van der Waals surface area contributed by atoms with E-state index in [4.69, 9.17) is 16.3 Å². The van der Waals surface area contributed by atoms with Gasteiger partial charge in [-0.1, -0.05) is 42.3 Å². The van der Waals surface area contributed by atoms with Crippen LogP contribution in [-0.4, -0.2) is 41.2 Å². The zero-order valence-electron chi connectivity index (χ0n) is 16.4. The number of nitrogens with one attached hydrogen (secondary N) is 1. The number of carbonyl (C=O) groups is 1. The lowest BCUT2D eigenvalue weighted by Gasteiger charge is -2.24. The first-order valence-electron chi connectivity index (χ1n) is 9.89. The van der Waals surface area contributed by atoms with Crippen molar-refractivity contribution < 1.29 is 9.53 Å². The first-order chi connectivity index (χ1) is 14.2. The lowest BCUT2D eigenvalue weighted by atomic mass is 9.94. The van der Waals surface area contributed by atoms with Gasteiger partial charge in [-0.25, -0.2) is 0 Å². The number of benzene rings is 2. The van der Waals surface area contributed by atoms with Crippen LogP contribution in [0.25, 0.3) is 11.3 Å². The molecule has 2 aromatic carbocycles. The molecular formula is C23H24ClN3O2. The molecule has 6 heteroatoms. The van der Waals surface area contributed by atoms with Crippen molar-refractivity contribution in [2.75, 3.05) is 20.2 Å². The summed E-state index contributed by atoms with van der Waals surface area (Å²) < 4.78 is 5.42. The summed E-state index contributed by atoms with van der Waals surface area (Å²) in [5.41, 5.74) is 3.30. The molecule has 0 saturated carbocycles. The van der Waals surface area contributed by atoms with Crippen LogP contribution in [0, 0.1) is 0 Å². The van der Waals surface area contributed by atoms with Crippen LogP contribution in [0.4, 0.5) is 0 Å². The van der Waals surface area contributed by atoms with Gasteiger partial charge in [0.15, 0.2) is 0 Å². The minimum Gasteiger partial charge on any atom is -0.496 e. The summed E-state index contributed by atoms with van der Waals surface area (Å²) in [7, 11) is 1.63. The van der Waals surface area contributed by atoms with Crippen LogP contribution in [0.15, 0.2) is 54.6 Å². The third-order valence-electron chi connectivity index (χ3n) is 5.49. The van der Waals surface area contributed by atoms with Crippen molar-refractivity contribution in [1.82, 2.24) is 15.1 Å². The zero-order chi connectivity index (χ0) is 20.2. The monoisotopic (exact) mass is 409 g/mol. The number of halogens is 1. The lowest BCUT2D eigenvalue weighted by molar-refractivity contribution is 0.0748. The lowest BCUT2D eigenvalue weighted by Crippen LogP contribution is -2.34. The van der Waals surface area contributed by atoms with Gasteiger partial charge in [0.25, 0.3) is 5.91 Å². The molecule has 3 aromatic rings. The van der Waals surface area contributed by atoms with E-state index in [1.807, 2.05) is 47.4 Å². The summed E-state index contributed by atoms with van der Waals surface area (Å²) in [6.07, 6.45) is 3.18. The van der Waals surface area contributed by atoms with Gasteiger partial charge in [-0.05, 0) is 48.7 Å². The number of nitrogens with zero attached hydrogens (tertiary/aromatic N) is 2. The molecule has 0 bridgehead atoms. The number of rotatable bonds is 4. The van der Waals surface area contributed by atoms with E-state index in [0.29, 0.717) is 23.9 Å². The number of carbonyl (C=O) groups excluding carboxylic acids is 1. The number of ether oxygens (including phenoxy) is 1. The number of aromatic amines is 1. The maximum atomic E-state index is 13.2. The molecule has 1 saturated heterocycles. The second kappa shape index (κ2) is 8.70. The smallest absolute Gasteiger partial charge is 0.271 e. The van der Waals surface area contributed by atoms with Gasteiger partial charge in [0.2, 0.25) is 0 Å². The van der Waals surface area contributed by atoms with Crippen molar-refractivity contribution in [1.29, 1.82) is 0 Å². The predicted octanol–water partition coefficient (Wildman–Crippen LogP) is 5.15. The quantitative estimate of drug-likeness (QED) is 0.648. The van der Waals surface area contributed by atoms with Crippen molar-refractivity contribution >= 4 is 17.5 Å². The molecule has 0 aliphatic carbocycles. The number of amides is 1.